The number of carbonyl (C=O) groups is 1. The molecule has 1 aliphatic heterocycles. The highest BCUT2D eigenvalue weighted by molar-refractivity contribution is 5.99. The van der Waals surface area contributed by atoms with Crippen LogP contribution in [-0.4, -0.2) is 24.7 Å². The van der Waals surface area contributed by atoms with Crippen molar-refractivity contribution in [2.24, 2.45) is 0 Å². The second kappa shape index (κ2) is 4.61. The molecule has 1 aromatic rings. The summed E-state index contributed by atoms with van der Waals surface area (Å²) in [6.45, 7) is 6.60. The van der Waals surface area contributed by atoms with Crippen LogP contribution in [-0.2, 0) is 16.0 Å². The van der Waals surface area contributed by atoms with E-state index < -0.39 is 0 Å². The predicted octanol–water partition coefficient (Wildman–Crippen LogP) is 1.97. The van der Waals surface area contributed by atoms with Crippen LogP contribution in [0.25, 0.3) is 0 Å². The van der Waals surface area contributed by atoms with Crippen molar-refractivity contribution in [2.75, 3.05) is 23.8 Å². The third-order valence-corrected chi connectivity index (χ3v) is 2.96. The van der Waals surface area contributed by atoms with Gasteiger partial charge in [0.2, 0.25) is 0 Å². The summed E-state index contributed by atoms with van der Waals surface area (Å²) in [5, 5.41) is 0. The molecule has 18 heavy (non-hydrogen) atoms. The molecule has 1 aromatic carbocycles. The Morgan fingerprint density at radius 3 is 2.83 bits per heavy atom. The molecule has 0 atom stereocenters. The van der Waals surface area contributed by atoms with Crippen LogP contribution in [0.3, 0.4) is 0 Å². The van der Waals surface area contributed by atoms with E-state index in [1.54, 1.807) is 4.90 Å². The topological polar surface area (TPSA) is 55.6 Å². The third-order valence-electron chi connectivity index (χ3n) is 2.96. The van der Waals surface area contributed by atoms with E-state index >= 15 is 0 Å². The Morgan fingerprint density at radius 2 is 2.17 bits per heavy atom. The van der Waals surface area contributed by atoms with Gasteiger partial charge >= 0.3 is 0 Å². The maximum absolute atomic E-state index is 12.2. The van der Waals surface area contributed by atoms with Crippen LogP contribution in [0.2, 0.25) is 0 Å². The summed E-state index contributed by atoms with van der Waals surface area (Å²) in [7, 11) is 0. The largest absolute Gasteiger partial charge is 0.397 e. The molecule has 0 aliphatic carbocycles. The first kappa shape index (κ1) is 12.9. The van der Waals surface area contributed by atoms with Gasteiger partial charge in [-0.3, -0.25) is 4.79 Å². The van der Waals surface area contributed by atoms with Crippen molar-refractivity contribution in [3.8, 4) is 0 Å². The number of nitrogens with zero attached hydrogens (tertiary/aromatic N) is 1. The lowest BCUT2D eigenvalue weighted by atomic mass is 10.1. The Balaban J connectivity index is 2.11. The van der Waals surface area contributed by atoms with Crippen molar-refractivity contribution in [3.05, 3.63) is 23.8 Å². The summed E-state index contributed by atoms with van der Waals surface area (Å²) >= 11 is 0. The second-order valence-electron chi connectivity index (χ2n) is 5.55. The molecule has 1 amide bonds. The zero-order valence-electron chi connectivity index (χ0n) is 11.2. The molecule has 0 saturated heterocycles. The molecule has 98 valence electrons. The highest BCUT2D eigenvalue weighted by atomic mass is 16.5. The lowest BCUT2D eigenvalue weighted by molar-refractivity contribution is -0.127. The summed E-state index contributed by atoms with van der Waals surface area (Å²) in [5.74, 6) is -0.0263. The van der Waals surface area contributed by atoms with Crippen LogP contribution in [0.15, 0.2) is 18.2 Å². The molecule has 0 bridgehead atoms. The molecule has 0 aromatic heterocycles. The van der Waals surface area contributed by atoms with Crippen LogP contribution in [0, 0.1) is 0 Å². The molecule has 0 radical (unpaired) electrons. The van der Waals surface area contributed by atoms with E-state index in [2.05, 4.69) is 0 Å². The first-order valence-electron chi connectivity index (χ1n) is 6.20. The Hall–Kier alpha value is -1.55. The first-order chi connectivity index (χ1) is 8.38. The van der Waals surface area contributed by atoms with Gasteiger partial charge in [0, 0.05) is 6.54 Å². The Morgan fingerprint density at radius 1 is 1.44 bits per heavy atom. The number of anilines is 2. The summed E-state index contributed by atoms with van der Waals surface area (Å²) < 4.78 is 5.53. The van der Waals surface area contributed by atoms with E-state index in [4.69, 9.17) is 10.5 Å². The minimum Gasteiger partial charge on any atom is -0.397 e. The molecule has 0 fully saturated rings. The number of carbonyl (C=O) groups excluding carboxylic acids is 1. The zero-order chi connectivity index (χ0) is 13.3. The Labute approximate surface area is 108 Å². The minimum absolute atomic E-state index is 0.0263. The van der Waals surface area contributed by atoms with E-state index in [9.17, 15) is 4.79 Å². The van der Waals surface area contributed by atoms with Gasteiger partial charge < -0.3 is 15.4 Å². The van der Waals surface area contributed by atoms with Gasteiger partial charge in [0.05, 0.1) is 17.0 Å². The van der Waals surface area contributed by atoms with Gasteiger partial charge in [-0.15, -0.1) is 0 Å². The van der Waals surface area contributed by atoms with Gasteiger partial charge in [-0.1, -0.05) is 12.1 Å². The molecule has 1 heterocycles. The maximum Gasteiger partial charge on any atom is 0.253 e. The van der Waals surface area contributed by atoms with Crippen molar-refractivity contribution in [1.82, 2.24) is 0 Å². The second-order valence-corrected chi connectivity index (χ2v) is 5.55. The fourth-order valence-corrected chi connectivity index (χ4v) is 2.09. The van der Waals surface area contributed by atoms with E-state index in [1.165, 1.54) is 0 Å². The predicted molar refractivity (Wildman–Crippen MR) is 72.6 cm³/mol. The van der Waals surface area contributed by atoms with Crippen LogP contribution in [0.5, 0.6) is 0 Å². The standard InChI is InChI=1S/C14H20N2O2/c1-14(2,3)18-9-12(17)16-8-7-10-5-4-6-11(15)13(10)16/h4-6H,7-9,15H2,1-3H3. The molecule has 0 saturated carbocycles. The molecule has 4 heteroatoms. The average molecular weight is 248 g/mol. The highest BCUT2D eigenvalue weighted by Crippen LogP contribution is 2.33. The van der Waals surface area contributed by atoms with Crippen molar-refractivity contribution in [3.63, 3.8) is 0 Å². The quantitative estimate of drug-likeness (QED) is 0.814. The number of nitrogen functional groups attached to an aromatic ring is 1. The molecule has 0 unspecified atom stereocenters. The number of ether oxygens (including phenoxy) is 1. The Kier molecular flexibility index (Phi) is 3.30. The maximum atomic E-state index is 12.2. The SMILES string of the molecule is CC(C)(C)OCC(=O)N1CCc2cccc(N)c21. The van der Waals surface area contributed by atoms with Crippen LogP contribution in [0.4, 0.5) is 11.4 Å². The minimum atomic E-state index is -0.305. The van der Waals surface area contributed by atoms with Crippen molar-refractivity contribution in [1.29, 1.82) is 0 Å². The molecule has 4 nitrogen and oxygen atoms in total. The molecule has 2 N–H and O–H groups in total. The molecule has 1 aliphatic rings. The number of benzene rings is 1. The number of para-hydroxylation sites is 1. The number of hydrogen-bond donors (Lipinski definition) is 1. The Bertz CT molecular complexity index is 463. The number of fused-ring (bicyclic) bond motifs is 1. The van der Waals surface area contributed by atoms with Gasteiger partial charge in [0.1, 0.15) is 6.61 Å². The summed E-state index contributed by atoms with van der Waals surface area (Å²) in [4.78, 5) is 13.9. The van der Waals surface area contributed by atoms with Gasteiger partial charge in [0.25, 0.3) is 5.91 Å². The first-order valence-corrected chi connectivity index (χ1v) is 6.20. The van der Waals surface area contributed by atoms with E-state index in [1.807, 2.05) is 39.0 Å². The average Bonchev–Trinajstić information content (AvgIpc) is 2.70. The van der Waals surface area contributed by atoms with Crippen molar-refractivity contribution >= 4 is 17.3 Å². The third kappa shape index (κ3) is 2.64. The van der Waals surface area contributed by atoms with Gasteiger partial charge in [-0.2, -0.15) is 0 Å². The normalized spacial score (nSPS) is 14.7. The zero-order valence-corrected chi connectivity index (χ0v) is 11.2. The number of hydrogen-bond acceptors (Lipinski definition) is 3. The molecular formula is C14H20N2O2. The summed E-state index contributed by atoms with van der Waals surface area (Å²) in [5.41, 5.74) is 8.30. The van der Waals surface area contributed by atoms with Crippen LogP contribution < -0.4 is 10.6 Å². The summed E-state index contributed by atoms with van der Waals surface area (Å²) in [6.07, 6.45) is 0.863. The number of rotatable bonds is 2. The van der Waals surface area contributed by atoms with Crippen molar-refractivity contribution in [2.45, 2.75) is 32.8 Å². The smallest absolute Gasteiger partial charge is 0.253 e. The van der Waals surface area contributed by atoms with E-state index in [0.29, 0.717) is 12.2 Å². The molecule has 2 rings (SSSR count). The van der Waals surface area contributed by atoms with Gasteiger partial charge in [-0.25, -0.2) is 0 Å². The van der Waals surface area contributed by atoms with E-state index in [0.717, 1.165) is 17.7 Å². The van der Waals surface area contributed by atoms with Gasteiger partial charge in [0.15, 0.2) is 0 Å². The van der Waals surface area contributed by atoms with Crippen molar-refractivity contribution < 1.29 is 9.53 Å². The number of nitrogens with two attached hydrogens (primary N) is 1. The van der Waals surface area contributed by atoms with Crippen LogP contribution in [0.1, 0.15) is 26.3 Å². The number of amides is 1. The lowest BCUT2D eigenvalue weighted by Gasteiger charge is -2.23. The van der Waals surface area contributed by atoms with Gasteiger partial charge in [-0.05, 0) is 38.8 Å². The van der Waals surface area contributed by atoms with Crippen LogP contribution >= 0.6 is 0 Å². The fourth-order valence-electron chi connectivity index (χ4n) is 2.09. The fraction of sp³-hybridized carbons (Fsp3) is 0.500. The molecule has 0 spiro atoms. The lowest BCUT2D eigenvalue weighted by Crippen LogP contribution is -2.35. The molecular weight excluding hydrogens is 228 g/mol. The highest BCUT2D eigenvalue weighted by Gasteiger charge is 2.27. The summed E-state index contributed by atoms with van der Waals surface area (Å²) in [6, 6.07) is 5.77. The van der Waals surface area contributed by atoms with E-state index in [-0.39, 0.29) is 18.1 Å². The monoisotopic (exact) mass is 248 g/mol.